The molecule has 0 spiro atoms. The minimum absolute atomic E-state index is 0.0717. The summed E-state index contributed by atoms with van der Waals surface area (Å²) in [5.41, 5.74) is 2.26. The highest BCUT2D eigenvalue weighted by molar-refractivity contribution is 6.35. The fraction of sp³-hybridized carbons (Fsp3) is 0.667. The zero-order chi connectivity index (χ0) is 25.0. The Morgan fingerprint density at radius 2 is 1.51 bits per heavy atom. The molecule has 0 bridgehead atoms. The van der Waals surface area contributed by atoms with E-state index in [0.717, 1.165) is 35.7 Å². The average Bonchev–Trinajstić information content (AvgIpc) is 2.90. The molecular weight excluding hydrogens is 448 g/mol. The van der Waals surface area contributed by atoms with Gasteiger partial charge < -0.3 is 9.47 Å². The highest BCUT2D eigenvalue weighted by Crippen LogP contribution is 2.20. The molecular formula is C30H50N2O2Si. The van der Waals surface area contributed by atoms with Crippen LogP contribution in [0, 0.1) is 5.92 Å². The van der Waals surface area contributed by atoms with Crippen LogP contribution in [0.15, 0.2) is 36.7 Å². The Bertz CT molecular complexity index is 752. The maximum Gasteiger partial charge on any atom is 0.159 e. The first-order valence-electron chi connectivity index (χ1n) is 14.3. The molecule has 2 rings (SSSR count). The number of nitrogens with zero attached hydrogens (tertiary/aromatic N) is 2. The van der Waals surface area contributed by atoms with E-state index in [1.165, 1.54) is 82.2 Å². The molecule has 1 unspecified atom stereocenters. The third kappa shape index (κ3) is 13.8. The summed E-state index contributed by atoms with van der Waals surface area (Å²) < 4.78 is 11.6. The summed E-state index contributed by atoms with van der Waals surface area (Å²) in [4.78, 5) is 9.18. The highest BCUT2D eigenvalue weighted by Gasteiger charge is 2.04. The number of aromatic nitrogens is 2. The van der Waals surface area contributed by atoms with Gasteiger partial charge in [-0.2, -0.15) is 0 Å². The highest BCUT2D eigenvalue weighted by atomic mass is 28.2. The van der Waals surface area contributed by atoms with E-state index in [4.69, 9.17) is 9.47 Å². The number of ether oxygens (including phenoxy) is 2. The first kappa shape index (κ1) is 29.5. The predicted molar refractivity (Wildman–Crippen MR) is 152 cm³/mol. The first-order chi connectivity index (χ1) is 17.2. The van der Waals surface area contributed by atoms with Gasteiger partial charge in [0.1, 0.15) is 12.4 Å². The maximum absolute atomic E-state index is 5.83. The normalized spacial score (nSPS) is 12.4. The van der Waals surface area contributed by atoms with Crippen molar-refractivity contribution in [1.29, 1.82) is 0 Å². The number of aryl methyl sites for hydroxylation is 1. The van der Waals surface area contributed by atoms with Gasteiger partial charge >= 0.3 is 0 Å². The van der Waals surface area contributed by atoms with Crippen molar-refractivity contribution in [3.8, 4) is 17.1 Å². The van der Waals surface area contributed by atoms with Crippen molar-refractivity contribution >= 4 is 9.52 Å². The van der Waals surface area contributed by atoms with Gasteiger partial charge in [-0.15, -0.1) is 0 Å². The van der Waals surface area contributed by atoms with Crippen molar-refractivity contribution in [2.45, 2.75) is 104 Å². The largest absolute Gasteiger partial charge is 0.491 e. The van der Waals surface area contributed by atoms with Crippen LogP contribution in [-0.4, -0.2) is 38.9 Å². The molecule has 1 aromatic carbocycles. The van der Waals surface area contributed by atoms with Gasteiger partial charge in [0.15, 0.2) is 5.82 Å². The molecule has 1 heterocycles. The second-order valence-electron chi connectivity index (χ2n) is 9.99. The van der Waals surface area contributed by atoms with E-state index < -0.39 is 0 Å². The predicted octanol–water partition coefficient (Wildman–Crippen LogP) is 7.59. The second kappa shape index (κ2) is 19.5. The van der Waals surface area contributed by atoms with Gasteiger partial charge in [0.05, 0.1) is 16.1 Å². The van der Waals surface area contributed by atoms with E-state index >= 15 is 0 Å². The van der Waals surface area contributed by atoms with Crippen molar-refractivity contribution in [2.24, 2.45) is 5.92 Å². The monoisotopic (exact) mass is 498 g/mol. The van der Waals surface area contributed by atoms with Crippen molar-refractivity contribution < 1.29 is 9.47 Å². The Hall–Kier alpha value is -1.72. The number of rotatable bonds is 21. The molecule has 4 nitrogen and oxygen atoms in total. The fourth-order valence-corrected chi connectivity index (χ4v) is 5.45. The van der Waals surface area contributed by atoms with E-state index in [9.17, 15) is 0 Å². The summed E-state index contributed by atoms with van der Waals surface area (Å²) in [5, 5.41) is 0. The third-order valence-corrected chi connectivity index (χ3v) is 8.39. The van der Waals surface area contributed by atoms with Gasteiger partial charge in [-0.3, -0.25) is 0 Å². The zero-order valence-electron chi connectivity index (χ0n) is 22.8. The van der Waals surface area contributed by atoms with Gasteiger partial charge in [-0.05, 0) is 48.6 Å². The maximum atomic E-state index is 5.83. The molecule has 35 heavy (non-hydrogen) atoms. The molecule has 1 aromatic heterocycles. The number of unbranched alkanes of at least 4 members (excludes halogenated alkanes) is 7. The van der Waals surface area contributed by atoms with E-state index in [1.807, 2.05) is 36.7 Å². The first-order valence-corrected chi connectivity index (χ1v) is 16.3. The van der Waals surface area contributed by atoms with Gasteiger partial charge in [0.25, 0.3) is 0 Å². The lowest BCUT2D eigenvalue weighted by Crippen LogP contribution is -2.11. The summed E-state index contributed by atoms with van der Waals surface area (Å²) in [7, 11) is -0.0717. The molecule has 196 valence electrons. The number of hydrogen-bond acceptors (Lipinski definition) is 4. The Balaban J connectivity index is 1.56. The smallest absolute Gasteiger partial charge is 0.159 e. The standard InChI is InChI=1S/C30H50N2O2Si/c1-4-6-7-8-9-10-11-12-15-27-23-31-30(32-24-27)28-16-18-29(19-17-28)34-21-20-33-25-35-22-13-14-26(3)5-2/h16-19,23-24,26H,4-15,20-22,25,35H2,1-3H3. The minimum atomic E-state index is -0.0717. The van der Waals surface area contributed by atoms with Crippen LogP contribution < -0.4 is 4.74 Å². The summed E-state index contributed by atoms with van der Waals surface area (Å²) in [6.45, 7) is 8.17. The molecule has 0 saturated carbocycles. The quantitative estimate of drug-likeness (QED) is 0.131. The lowest BCUT2D eigenvalue weighted by Gasteiger charge is -2.09. The summed E-state index contributed by atoms with van der Waals surface area (Å²) >= 11 is 0. The lowest BCUT2D eigenvalue weighted by molar-refractivity contribution is 0.131. The molecule has 0 aliphatic carbocycles. The lowest BCUT2D eigenvalue weighted by atomic mass is 10.0. The van der Waals surface area contributed by atoms with E-state index in [1.54, 1.807) is 0 Å². The Morgan fingerprint density at radius 3 is 2.20 bits per heavy atom. The summed E-state index contributed by atoms with van der Waals surface area (Å²) in [5.74, 6) is 2.52. The molecule has 0 amide bonds. The van der Waals surface area contributed by atoms with Crippen LogP contribution in [0.5, 0.6) is 5.75 Å². The molecule has 0 N–H and O–H groups in total. The molecule has 0 fully saturated rings. The van der Waals surface area contributed by atoms with Gasteiger partial charge in [0, 0.05) is 24.2 Å². The second-order valence-corrected chi connectivity index (χ2v) is 11.8. The Morgan fingerprint density at radius 1 is 0.829 bits per heavy atom. The molecule has 0 aliphatic heterocycles. The number of hydrogen-bond donors (Lipinski definition) is 0. The minimum Gasteiger partial charge on any atom is -0.491 e. The van der Waals surface area contributed by atoms with E-state index in [0.29, 0.717) is 13.2 Å². The van der Waals surface area contributed by atoms with Crippen LogP contribution in [0.4, 0.5) is 0 Å². The fourth-order valence-electron chi connectivity index (χ4n) is 4.19. The van der Waals surface area contributed by atoms with E-state index in [-0.39, 0.29) is 9.52 Å². The molecule has 1 atom stereocenters. The third-order valence-electron chi connectivity index (χ3n) is 6.82. The topological polar surface area (TPSA) is 44.2 Å². The van der Waals surface area contributed by atoms with Crippen LogP contribution in [0.2, 0.25) is 6.04 Å². The van der Waals surface area contributed by atoms with Crippen LogP contribution in [0.3, 0.4) is 0 Å². The van der Waals surface area contributed by atoms with Crippen LogP contribution in [0.1, 0.15) is 97.0 Å². The molecule has 0 radical (unpaired) electrons. The van der Waals surface area contributed by atoms with Gasteiger partial charge in [-0.25, -0.2) is 9.97 Å². The van der Waals surface area contributed by atoms with Crippen LogP contribution >= 0.6 is 0 Å². The Labute approximate surface area is 217 Å². The number of benzene rings is 1. The Kier molecular flexibility index (Phi) is 16.4. The average molecular weight is 499 g/mol. The van der Waals surface area contributed by atoms with Crippen molar-refractivity contribution in [1.82, 2.24) is 9.97 Å². The van der Waals surface area contributed by atoms with Gasteiger partial charge in [-0.1, -0.05) is 91.0 Å². The van der Waals surface area contributed by atoms with Crippen LogP contribution in [0.25, 0.3) is 11.4 Å². The van der Waals surface area contributed by atoms with Crippen molar-refractivity contribution in [2.75, 3.05) is 19.4 Å². The molecule has 0 aliphatic rings. The molecule has 5 heteroatoms. The summed E-state index contributed by atoms with van der Waals surface area (Å²) in [6, 6.07) is 9.46. The zero-order valence-corrected chi connectivity index (χ0v) is 24.2. The molecule has 0 saturated heterocycles. The van der Waals surface area contributed by atoms with Crippen LogP contribution in [-0.2, 0) is 11.2 Å². The van der Waals surface area contributed by atoms with Crippen molar-refractivity contribution in [3.63, 3.8) is 0 Å². The van der Waals surface area contributed by atoms with E-state index in [2.05, 4.69) is 30.7 Å². The summed E-state index contributed by atoms with van der Waals surface area (Å²) in [6.07, 6.45) is 20.8. The molecule has 2 aromatic rings. The SMILES string of the molecule is CCCCCCCCCCc1cnc(-c2ccc(OCCOC[SiH2]CCCC(C)CC)cc2)nc1. The van der Waals surface area contributed by atoms with Gasteiger partial charge in [0.2, 0.25) is 0 Å². The van der Waals surface area contributed by atoms with Crippen molar-refractivity contribution in [3.05, 3.63) is 42.2 Å².